The van der Waals surface area contributed by atoms with E-state index in [1.165, 1.54) is 0 Å². The van der Waals surface area contributed by atoms with E-state index in [1.54, 1.807) is 12.5 Å². The fourth-order valence-corrected chi connectivity index (χ4v) is 5.14. The normalized spacial score (nSPS) is 12.1. The number of carbonyl (C=O) groups excluding carboxylic acids is 2. The van der Waals surface area contributed by atoms with Gasteiger partial charge >= 0.3 is 0 Å². The average molecular weight is 505 g/mol. The van der Waals surface area contributed by atoms with Gasteiger partial charge in [0.25, 0.3) is 0 Å². The molecule has 0 unspecified atom stereocenters. The molecule has 0 aliphatic rings. The van der Waals surface area contributed by atoms with Crippen LogP contribution in [-0.2, 0) is 28.9 Å². The van der Waals surface area contributed by atoms with Crippen molar-refractivity contribution in [3.8, 4) is 0 Å². The van der Waals surface area contributed by atoms with E-state index >= 15 is 0 Å². The third-order valence-electron chi connectivity index (χ3n) is 7.03. The minimum Gasteiger partial charge on any atom is -0.355 e. The molecule has 5 aromatic rings. The Kier molecular flexibility index (Phi) is 7.78. The molecule has 0 bridgehead atoms. The zero-order chi connectivity index (χ0) is 26.3. The number of H-pyrrole nitrogens is 1. The van der Waals surface area contributed by atoms with Gasteiger partial charge in [-0.1, -0.05) is 84.9 Å². The van der Waals surface area contributed by atoms with Gasteiger partial charge in [0.2, 0.25) is 11.8 Å². The van der Waals surface area contributed by atoms with Gasteiger partial charge in [-0.2, -0.15) is 0 Å². The van der Waals surface area contributed by atoms with Crippen LogP contribution in [0.25, 0.3) is 21.5 Å². The molecule has 6 nitrogen and oxygen atoms in total. The Morgan fingerprint density at radius 3 is 1.89 bits per heavy atom. The van der Waals surface area contributed by atoms with Gasteiger partial charge in [-0.25, -0.2) is 4.98 Å². The molecule has 0 spiro atoms. The molecule has 38 heavy (non-hydrogen) atoms. The number of amides is 2. The second-order valence-electron chi connectivity index (χ2n) is 9.62. The summed E-state index contributed by atoms with van der Waals surface area (Å²) < 4.78 is 0. The molecule has 0 fully saturated rings. The second kappa shape index (κ2) is 11.7. The number of aromatic amines is 1. The van der Waals surface area contributed by atoms with Gasteiger partial charge in [0.1, 0.15) is 6.04 Å². The number of rotatable bonds is 10. The number of nitrogens with zero attached hydrogens (tertiary/aromatic N) is 1. The third-order valence-corrected chi connectivity index (χ3v) is 7.03. The molecule has 192 valence electrons. The van der Waals surface area contributed by atoms with Crippen LogP contribution in [0.2, 0.25) is 0 Å². The van der Waals surface area contributed by atoms with Crippen LogP contribution in [0, 0.1) is 5.92 Å². The van der Waals surface area contributed by atoms with E-state index in [2.05, 4.69) is 69.1 Å². The highest BCUT2D eigenvalue weighted by Crippen LogP contribution is 2.26. The van der Waals surface area contributed by atoms with Gasteiger partial charge in [0, 0.05) is 30.8 Å². The Morgan fingerprint density at radius 1 is 0.763 bits per heavy atom. The van der Waals surface area contributed by atoms with Crippen molar-refractivity contribution in [1.82, 2.24) is 20.6 Å². The number of nitrogens with one attached hydrogen (secondary N) is 3. The zero-order valence-electron chi connectivity index (χ0n) is 21.5. The van der Waals surface area contributed by atoms with Crippen molar-refractivity contribution in [2.45, 2.75) is 32.2 Å². The molecule has 0 saturated carbocycles. The minimum absolute atomic E-state index is 0.137. The molecule has 0 aliphatic carbocycles. The highest BCUT2D eigenvalue weighted by atomic mass is 16.2. The van der Waals surface area contributed by atoms with Crippen molar-refractivity contribution in [3.63, 3.8) is 0 Å². The van der Waals surface area contributed by atoms with Crippen molar-refractivity contribution >= 4 is 33.4 Å². The number of hydrogen-bond acceptors (Lipinski definition) is 3. The molecule has 6 heteroatoms. The fraction of sp³-hybridized carbons (Fsp3) is 0.219. The predicted molar refractivity (Wildman–Crippen MR) is 152 cm³/mol. The number of hydrogen-bond donors (Lipinski definition) is 3. The van der Waals surface area contributed by atoms with Gasteiger partial charge in [0.05, 0.1) is 6.33 Å². The van der Waals surface area contributed by atoms with Gasteiger partial charge in [-0.15, -0.1) is 0 Å². The average Bonchev–Trinajstić information content (AvgIpc) is 3.46. The summed E-state index contributed by atoms with van der Waals surface area (Å²) in [6, 6.07) is 28.3. The van der Waals surface area contributed by atoms with Gasteiger partial charge < -0.3 is 15.6 Å². The summed E-state index contributed by atoms with van der Waals surface area (Å²) >= 11 is 0. The number of carbonyl (C=O) groups is 2. The fourth-order valence-electron chi connectivity index (χ4n) is 5.14. The maximum atomic E-state index is 14.0. The Labute approximate surface area is 222 Å². The van der Waals surface area contributed by atoms with Crippen LogP contribution in [0.3, 0.4) is 0 Å². The van der Waals surface area contributed by atoms with E-state index in [1.807, 2.05) is 43.3 Å². The molecule has 1 aromatic heterocycles. The van der Waals surface area contributed by atoms with Crippen molar-refractivity contribution in [1.29, 1.82) is 0 Å². The van der Waals surface area contributed by atoms with Gasteiger partial charge in [0.15, 0.2) is 0 Å². The Morgan fingerprint density at radius 2 is 1.34 bits per heavy atom. The maximum Gasteiger partial charge on any atom is 0.242 e. The largest absolute Gasteiger partial charge is 0.355 e. The molecular weight excluding hydrogens is 472 g/mol. The molecule has 1 heterocycles. The molecule has 4 aromatic carbocycles. The molecule has 0 radical (unpaired) electrons. The summed E-state index contributed by atoms with van der Waals surface area (Å²) in [4.78, 5) is 34.0. The van der Waals surface area contributed by atoms with Crippen molar-refractivity contribution in [2.24, 2.45) is 5.92 Å². The highest BCUT2D eigenvalue weighted by molar-refractivity contribution is 5.91. The summed E-state index contributed by atoms with van der Waals surface area (Å²) in [5.41, 5.74) is 3.03. The maximum absolute atomic E-state index is 14.0. The summed E-state index contributed by atoms with van der Waals surface area (Å²) in [6.45, 7) is 2.36. The minimum atomic E-state index is -0.703. The van der Waals surface area contributed by atoms with E-state index in [4.69, 9.17) is 0 Å². The van der Waals surface area contributed by atoms with Gasteiger partial charge in [-0.3, -0.25) is 9.59 Å². The highest BCUT2D eigenvalue weighted by Gasteiger charge is 2.27. The smallest absolute Gasteiger partial charge is 0.242 e. The molecule has 0 aliphatic heterocycles. The third kappa shape index (κ3) is 5.75. The first-order valence-corrected chi connectivity index (χ1v) is 13.1. The first-order chi connectivity index (χ1) is 18.6. The monoisotopic (exact) mass is 504 g/mol. The first-order valence-electron chi connectivity index (χ1n) is 13.1. The molecule has 3 N–H and O–H groups in total. The van der Waals surface area contributed by atoms with E-state index < -0.39 is 6.04 Å². The number of benzene rings is 4. The van der Waals surface area contributed by atoms with Crippen LogP contribution in [-0.4, -0.2) is 34.4 Å². The lowest BCUT2D eigenvalue weighted by molar-refractivity contribution is -0.131. The van der Waals surface area contributed by atoms with E-state index in [0.29, 0.717) is 25.8 Å². The SMILES string of the molecule is CCNC(=O)[C@H](Cc1cnc[nH]1)NC(=O)C(Cc1cccc2ccccc12)Cc1cccc2ccccc12. The summed E-state index contributed by atoms with van der Waals surface area (Å²) in [7, 11) is 0. The lowest BCUT2D eigenvalue weighted by atomic mass is 9.87. The van der Waals surface area contributed by atoms with Crippen molar-refractivity contribution in [2.75, 3.05) is 6.54 Å². The summed E-state index contributed by atoms with van der Waals surface area (Å²) in [5, 5.41) is 10.5. The second-order valence-corrected chi connectivity index (χ2v) is 9.62. The van der Waals surface area contributed by atoms with Crippen LogP contribution in [0.15, 0.2) is 97.5 Å². The Bertz CT molecular complexity index is 1450. The lowest BCUT2D eigenvalue weighted by Crippen LogP contribution is -2.50. The quantitative estimate of drug-likeness (QED) is 0.251. The van der Waals surface area contributed by atoms with Crippen LogP contribution >= 0.6 is 0 Å². The molecule has 2 amide bonds. The standard InChI is InChI=1S/C32H32N4O2/c1-2-34-32(38)30(19-27-20-33-21-35-27)36-31(37)26(17-24-13-7-11-22-9-3-5-15-28(22)24)18-25-14-8-12-23-10-4-6-16-29(23)25/h3-16,20-21,26,30H,2,17-19H2,1H3,(H,33,35)(H,34,38)(H,36,37)/t30-/m0/s1. The first kappa shape index (κ1) is 25.2. The van der Waals surface area contributed by atoms with Crippen LogP contribution < -0.4 is 10.6 Å². The van der Waals surface area contributed by atoms with Crippen molar-refractivity contribution < 1.29 is 9.59 Å². The zero-order valence-corrected chi connectivity index (χ0v) is 21.5. The van der Waals surface area contributed by atoms with Crippen molar-refractivity contribution in [3.05, 3.63) is 114 Å². The van der Waals surface area contributed by atoms with E-state index in [0.717, 1.165) is 38.4 Å². The van der Waals surface area contributed by atoms with E-state index in [9.17, 15) is 9.59 Å². The Balaban J connectivity index is 1.48. The number of fused-ring (bicyclic) bond motifs is 2. The van der Waals surface area contributed by atoms with Crippen LogP contribution in [0.4, 0.5) is 0 Å². The summed E-state index contributed by atoms with van der Waals surface area (Å²) in [5.74, 6) is -0.712. The predicted octanol–water partition coefficient (Wildman–Crippen LogP) is 4.98. The molecular formula is C32H32N4O2. The van der Waals surface area contributed by atoms with Crippen LogP contribution in [0.1, 0.15) is 23.7 Å². The lowest BCUT2D eigenvalue weighted by Gasteiger charge is -2.23. The van der Waals surface area contributed by atoms with E-state index in [-0.39, 0.29) is 17.7 Å². The summed E-state index contributed by atoms with van der Waals surface area (Å²) in [6.07, 6.45) is 4.72. The molecule has 0 saturated heterocycles. The number of likely N-dealkylation sites (N-methyl/N-ethyl adjacent to an activating group) is 1. The molecule has 5 rings (SSSR count). The number of aromatic nitrogens is 2. The topological polar surface area (TPSA) is 86.9 Å². The van der Waals surface area contributed by atoms with Crippen LogP contribution in [0.5, 0.6) is 0 Å². The Hall–Kier alpha value is -4.45. The molecule has 1 atom stereocenters. The number of imidazole rings is 1. The van der Waals surface area contributed by atoms with Gasteiger partial charge in [-0.05, 0) is 52.4 Å².